The maximum atomic E-state index is 12.3. The van der Waals surface area contributed by atoms with Gasteiger partial charge in [0.25, 0.3) is 0 Å². The van der Waals surface area contributed by atoms with Crippen molar-refractivity contribution in [2.45, 2.75) is 31.9 Å². The predicted octanol–water partition coefficient (Wildman–Crippen LogP) is 2.22. The number of carbonyl (C=O) groups is 1. The van der Waals surface area contributed by atoms with Crippen molar-refractivity contribution in [2.24, 2.45) is 0 Å². The van der Waals surface area contributed by atoms with E-state index in [1.165, 1.54) is 0 Å². The van der Waals surface area contributed by atoms with Crippen molar-refractivity contribution in [3.63, 3.8) is 0 Å². The fourth-order valence-corrected chi connectivity index (χ4v) is 3.10. The summed E-state index contributed by atoms with van der Waals surface area (Å²) in [6.07, 6.45) is 1.81. The molecule has 1 N–H and O–H groups in total. The normalized spacial score (nSPS) is 21.9. The molecule has 2 aliphatic rings. The minimum absolute atomic E-state index is 0.0342. The minimum atomic E-state index is 0.0342. The molecule has 1 atom stereocenters. The lowest BCUT2D eigenvalue weighted by molar-refractivity contribution is -0.121. The molecule has 3 rings (SSSR count). The first-order chi connectivity index (χ1) is 10.6. The van der Waals surface area contributed by atoms with Crippen LogP contribution < -0.4 is 15.0 Å². The molecule has 1 saturated heterocycles. The van der Waals surface area contributed by atoms with Crippen molar-refractivity contribution in [3.05, 3.63) is 23.2 Å². The highest BCUT2D eigenvalue weighted by atomic mass is 35.5. The van der Waals surface area contributed by atoms with Crippen LogP contribution in [0.3, 0.4) is 0 Å². The van der Waals surface area contributed by atoms with Gasteiger partial charge in [-0.2, -0.15) is 0 Å². The molecule has 0 aromatic heterocycles. The molecular weight excluding hydrogens is 304 g/mol. The number of fused-ring (bicyclic) bond motifs is 1. The lowest BCUT2D eigenvalue weighted by Crippen LogP contribution is -2.47. The number of ether oxygens (including phenoxy) is 2. The number of benzene rings is 1. The molecule has 0 unspecified atom stereocenters. The zero-order chi connectivity index (χ0) is 15.5. The van der Waals surface area contributed by atoms with Crippen LogP contribution in [0.2, 0.25) is 5.02 Å². The van der Waals surface area contributed by atoms with Crippen molar-refractivity contribution in [2.75, 3.05) is 31.2 Å². The van der Waals surface area contributed by atoms with Crippen molar-refractivity contribution in [3.8, 4) is 5.75 Å². The molecule has 0 radical (unpaired) electrons. The summed E-state index contributed by atoms with van der Waals surface area (Å²) in [5.41, 5.74) is 0.882. The van der Waals surface area contributed by atoms with Crippen LogP contribution in [0.15, 0.2) is 18.2 Å². The van der Waals surface area contributed by atoms with E-state index in [2.05, 4.69) is 5.32 Å². The van der Waals surface area contributed by atoms with Gasteiger partial charge in [0.05, 0.1) is 18.8 Å². The number of hydrogen-bond acceptors (Lipinski definition) is 4. The minimum Gasteiger partial charge on any atom is -0.487 e. The van der Waals surface area contributed by atoms with E-state index in [1.54, 1.807) is 6.07 Å². The number of hydrogen-bond donors (Lipinski definition) is 1. The van der Waals surface area contributed by atoms with E-state index in [4.69, 9.17) is 21.1 Å². The van der Waals surface area contributed by atoms with Gasteiger partial charge in [-0.15, -0.1) is 0 Å². The second-order valence-corrected chi connectivity index (χ2v) is 6.31. The Hall–Kier alpha value is -1.46. The quantitative estimate of drug-likeness (QED) is 0.926. The molecule has 22 heavy (non-hydrogen) atoms. The number of carbonyl (C=O) groups excluding carboxylic acids is 1. The highest BCUT2D eigenvalue weighted by Gasteiger charge is 2.25. The van der Waals surface area contributed by atoms with Crippen molar-refractivity contribution in [1.82, 2.24) is 5.32 Å². The highest BCUT2D eigenvalue weighted by molar-refractivity contribution is 6.31. The van der Waals surface area contributed by atoms with E-state index in [1.807, 2.05) is 24.0 Å². The molecule has 1 aromatic rings. The lowest BCUT2D eigenvalue weighted by atomic mass is 10.1. The van der Waals surface area contributed by atoms with E-state index in [-0.39, 0.29) is 18.1 Å². The number of nitrogens with zero attached hydrogens (tertiary/aromatic N) is 1. The van der Waals surface area contributed by atoms with E-state index in [9.17, 15) is 4.79 Å². The number of halogens is 1. The monoisotopic (exact) mass is 324 g/mol. The first kappa shape index (κ1) is 15.4. The average molecular weight is 325 g/mol. The average Bonchev–Trinajstić information content (AvgIpc) is 2.49. The summed E-state index contributed by atoms with van der Waals surface area (Å²) in [6.45, 7) is 4.43. The Morgan fingerprint density at radius 2 is 2.18 bits per heavy atom. The Morgan fingerprint density at radius 1 is 1.41 bits per heavy atom. The van der Waals surface area contributed by atoms with Gasteiger partial charge in [0, 0.05) is 24.3 Å². The van der Waals surface area contributed by atoms with Crippen LogP contribution in [0.25, 0.3) is 0 Å². The molecule has 0 aliphatic carbocycles. The molecule has 0 saturated carbocycles. The molecule has 5 nitrogen and oxygen atoms in total. The Labute approximate surface area is 135 Å². The summed E-state index contributed by atoms with van der Waals surface area (Å²) in [5, 5.41) is 3.74. The predicted molar refractivity (Wildman–Crippen MR) is 85.7 cm³/mol. The molecule has 1 fully saturated rings. The number of amides is 1. The molecule has 1 aromatic carbocycles. The van der Waals surface area contributed by atoms with Crippen LogP contribution in [0.4, 0.5) is 5.69 Å². The van der Waals surface area contributed by atoms with Gasteiger partial charge in [0.1, 0.15) is 11.9 Å². The summed E-state index contributed by atoms with van der Waals surface area (Å²) >= 11 is 6.07. The zero-order valence-electron chi connectivity index (χ0n) is 12.7. The van der Waals surface area contributed by atoms with Crippen LogP contribution in [-0.4, -0.2) is 44.4 Å². The lowest BCUT2D eigenvalue weighted by Gasteiger charge is -2.35. The molecule has 2 heterocycles. The van der Waals surface area contributed by atoms with Gasteiger partial charge in [-0.25, -0.2) is 0 Å². The fraction of sp³-hybridized carbons (Fsp3) is 0.562. The van der Waals surface area contributed by atoms with Gasteiger partial charge in [-0.3, -0.25) is 4.79 Å². The Kier molecular flexibility index (Phi) is 4.74. The van der Waals surface area contributed by atoms with Gasteiger partial charge < -0.3 is 19.7 Å². The second-order valence-electron chi connectivity index (χ2n) is 5.88. The zero-order valence-corrected chi connectivity index (χ0v) is 13.4. The standard InChI is InChI=1S/C16H21ClN2O3/c1-11-9-19(14-8-12(17)2-3-15(14)22-11)10-16(20)18-13-4-6-21-7-5-13/h2-3,8,11,13H,4-7,9-10H2,1H3,(H,18,20)/t11-/m1/s1. The van der Waals surface area contributed by atoms with Gasteiger partial charge in [0.2, 0.25) is 5.91 Å². The third kappa shape index (κ3) is 3.65. The molecule has 2 aliphatic heterocycles. The Balaban J connectivity index is 1.66. The third-order valence-corrected chi connectivity index (χ3v) is 4.22. The van der Waals surface area contributed by atoms with E-state index in [0.29, 0.717) is 18.1 Å². The molecule has 0 spiro atoms. The third-order valence-electron chi connectivity index (χ3n) is 3.99. The van der Waals surface area contributed by atoms with Crippen LogP contribution in [-0.2, 0) is 9.53 Å². The maximum Gasteiger partial charge on any atom is 0.239 e. The SMILES string of the molecule is C[C@@H]1CN(CC(=O)NC2CCOCC2)c2cc(Cl)ccc2O1. The Morgan fingerprint density at radius 3 is 2.95 bits per heavy atom. The summed E-state index contributed by atoms with van der Waals surface area (Å²) in [4.78, 5) is 14.3. The largest absolute Gasteiger partial charge is 0.487 e. The molecule has 1 amide bonds. The second kappa shape index (κ2) is 6.75. The molecular formula is C16H21ClN2O3. The fourth-order valence-electron chi connectivity index (χ4n) is 2.94. The summed E-state index contributed by atoms with van der Waals surface area (Å²) in [7, 11) is 0. The van der Waals surface area contributed by atoms with Gasteiger partial charge in [-0.1, -0.05) is 11.6 Å². The summed E-state index contributed by atoms with van der Waals surface area (Å²) in [5.74, 6) is 0.814. The van der Waals surface area contributed by atoms with Gasteiger partial charge >= 0.3 is 0 Å². The van der Waals surface area contributed by atoms with Gasteiger partial charge in [0.15, 0.2) is 0 Å². The number of nitrogens with one attached hydrogen (secondary N) is 1. The topological polar surface area (TPSA) is 50.8 Å². The van der Waals surface area contributed by atoms with E-state index < -0.39 is 0 Å². The van der Waals surface area contributed by atoms with Crippen molar-refractivity contribution >= 4 is 23.2 Å². The Bertz CT molecular complexity index is 546. The molecule has 120 valence electrons. The summed E-state index contributed by atoms with van der Waals surface area (Å²) < 4.78 is 11.1. The first-order valence-corrected chi connectivity index (χ1v) is 8.08. The van der Waals surface area contributed by atoms with Gasteiger partial charge in [-0.05, 0) is 38.0 Å². The number of rotatable bonds is 3. The first-order valence-electron chi connectivity index (χ1n) is 7.70. The summed E-state index contributed by atoms with van der Waals surface area (Å²) in [6, 6.07) is 5.73. The molecule has 6 heteroatoms. The highest BCUT2D eigenvalue weighted by Crippen LogP contribution is 2.35. The smallest absolute Gasteiger partial charge is 0.239 e. The van der Waals surface area contributed by atoms with Crippen molar-refractivity contribution in [1.29, 1.82) is 0 Å². The van der Waals surface area contributed by atoms with E-state index >= 15 is 0 Å². The molecule has 0 bridgehead atoms. The van der Waals surface area contributed by atoms with Crippen LogP contribution in [0.1, 0.15) is 19.8 Å². The maximum absolute atomic E-state index is 12.3. The number of anilines is 1. The van der Waals surface area contributed by atoms with Crippen LogP contribution in [0.5, 0.6) is 5.75 Å². The van der Waals surface area contributed by atoms with Crippen LogP contribution >= 0.6 is 11.6 Å². The van der Waals surface area contributed by atoms with Crippen LogP contribution in [0, 0.1) is 0 Å². The van der Waals surface area contributed by atoms with E-state index in [0.717, 1.165) is 37.5 Å². The van der Waals surface area contributed by atoms with Crippen molar-refractivity contribution < 1.29 is 14.3 Å².